The van der Waals surface area contributed by atoms with Gasteiger partial charge in [0, 0.05) is 29.4 Å². The number of thioether (sulfide) groups is 1. The third-order valence-corrected chi connectivity index (χ3v) is 6.21. The number of thiophene rings is 1. The second-order valence-corrected chi connectivity index (χ2v) is 7.77. The van der Waals surface area contributed by atoms with E-state index in [-0.39, 0.29) is 5.91 Å². The Morgan fingerprint density at radius 1 is 1.50 bits per heavy atom. The van der Waals surface area contributed by atoms with Gasteiger partial charge in [-0.3, -0.25) is 4.79 Å². The van der Waals surface area contributed by atoms with Gasteiger partial charge in [0.15, 0.2) is 5.16 Å². The predicted octanol–water partition coefficient (Wildman–Crippen LogP) is 2.40. The van der Waals surface area contributed by atoms with Crippen LogP contribution in [0.2, 0.25) is 0 Å². The molecule has 1 atom stereocenters. The normalized spacial score (nSPS) is 20.3. The van der Waals surface area contributed by atoms with Crippen molar-refractivity contribution < 1.29 is 4.79 Å². The van der Waals surface area contributed by atoms with Gasteiger partial charge in [0.1, 0.15) is 0 Å². The van der Waals surface area contributed by atoms with Gasteiger partial charge in [-0.2, -0.15) is 0 Å². The van der Waals surface area contributed by atoms with Crippen LogP contribution in [0.25, 0.3) is 0 Å². The first-order valence-electron chi connectivity index (χ1n) is 7.60. The van der Waals surface area contributed by atoms with Crippen molar-refractivity contribution in [2.45, 2.75) is 37.1 Å². The Balaban J connectivity index is 1.37. The summed E-state index contributed by atoms with van der Waals surface area (Å²) >= 11 is 3.36. The summed E-state index contributed by atoms with van der Waals surface area (Å²) in [7, 11) is 0. The van der Waals surface area contributed by atoms with Crippen molar-refractivity contribution in [1.29, 1.82) is 0 Å². The maximum Gasteiger partial charge on any atom is 0.261 e. The Morgan fingerprint density at radius 3 is 3.27 bits per heavy atom. The standard InChI is InChI=1S/C15H18N4OS2/c20-14(13-4-3-12(22-13)11-2-1-5-16-11)17-8-10-9-19-6-7-21-15(19)18-10/h3-4,9,11,16H,1-2,5-8H2,(H,17,20)/t11-/m0/s1. The smallest absolute Gasteiger partial charge is 0.261 e. The minimum Gasteiger partial charge on any atom is -0.346 e. The first-order valence-corrected chi connectivity index (χ1v) is 9.40. The lowest BCUT2D eigenvalue weighted by Gasteiger charge is -2.06. The van der Waals surface area contributed by atoms with Crippen LogP contribution in [-0.2, 0) is 13.1 Å². The second-order valence-electron chi connectivity index (χ2n) is 5.59. The van der Waals surface area contributed by atoms with Gasteiger partial charge < -0.3 is 15.2 Å². The van der Waals surface area contributed by atoms with Crippen LogP contribution in [0.5, 0.6) is 0 Å². The first kappa shape index (κ1) is 14.3. The number of carbonyl (C=O) groups excluding carboxylic acids is 1. The number of carbonyl (C=O) groups is 1. The van der Waals surface area contributed by atoms with Crippen molar-refractivity contribution in [3.05, 3.63) is 33.8 Å². The number of hydrogen-bond acceptors (Lipinski definition) is 5. The molecule has 116 valence electrons. The van der Waals surface area contributed by atoms with Gasteiger partial charge in [-0.25, -0.2) is 4.98 Å². The van der Waals surface area contributed by atoms with Crippen molar-refractivity contribution in [1.82, 2.24) is 20.2 Å². The molecule has 0 radical (unpaired) electrons. The molecule has 22 heavy (non-hydrogen) atoms. The maximum absolute atomic E-state index is 12.3. The Morgan fingerprint density at radius 2 is 2.45 bits per heavy atom. The van der Waals surface area contributed by atoms with E-state index in [2.05, 4.69) is 26.3 Å². The van der Waals surface area contributed by atoms with Crippen LogP contribution < -0.4 is 10.6 Å². The number of amides is 1. The lowest BCUT2D eigenvalue weighted by Crippen LogP contribution is -2.22. The highest BCUT2D eigenvalue weighted by Gasteiger charge is 2.20. The summed E-state index contributed by atoms with van der Waals surface area (Å²) in [6.07, 6.45) is 4.42. The zero-order chi connectivity index (χ0) is 14.9. The lowest BCUT2D eigenvalue weighted by molar-refractivity contribution is 0.0954. The van der Waals surface area contributed by atoms with Crippen molar-refractivity contribution in [2.75, 3.05) is 12.3 Å². The molecular weight excluding hydrogens is 316 g/mol. The molecule has 4 rings (SSSR count). The molecule has 2 aliphatic rings. The van der Waals surface area contributed by atoms with Crippen LogP contribution in [0.15, 0.2) is 23.5 Å². The van der Waals surface area contributed by atoms with Crippen LogP contribution >= 0.6 is 23.1 Å². The molecule has 2 aliphatic heterocycles. The molecule has 2 aromatic rings. The zero-order valence-electron chi connectivity index (χ0n) is 12.2. The molecule has 0 aromatic carbocycles. The minimum atomic E-state index is -0.00457. The highest BCUT2D eigenvalue weighted by atomic mass is 32.2. The van der Waals surface area contributed by atoms with Crippen molar-refractivity contribution >= 4 is 29.0 Å². The van der Waals surface area contributed by atoms with E-state index >= 15 is 0 Å². The highest BCUT2D eigenvalue weighted by molar-refractivity contribution is 7.99. The van der Waals surface area contributed by atoms with Gasteiger partial charge in [0.2, 0.25) is 0 Å². The largest absolute Gasteiger partial charge is 0.346 e. The summed E-state index contributed by atoms with van der Waals surface area (Å²) in [4.78, 5) is 18.8. The Bertz CT molecular complexity index is 666. The number of nitrogens with zero attached hydrogens (tertiary/aromatic N) is 2. The molecule has 0 unspecified atom stereocenters. The van der Waals surface area contributed by atoms with E-state index < -0.39 is 0 Å². The molecule has 4 heterocycles. The zero-order valence-corrected chi connectivity index (χ0v) is 13.8. The molecule has 2 aromatic heterocycles. The molecule has 0 saturated carbocycles. The quantitative estimate of drug-likeness (QED) is 0.901. The molecule has 0 aliphatic carbocycles. The number of aromatic nitrogens is 2. The molecule has 1 fully saturated rings. The second kappa shape index (κ2) is 6.06. The van der Waals surface area contributed by atoms with E-state index in [0.29, 0.717) is 12.6 Å². The van der Waals surface area contributed by atoms with Gasteiger partial charge >= 0.3 is 0 Å². The first-order chi connectivity index (χ1) is 10.8. The number of hydrogen-bond donors (Lipinski definition) is 2. The third kappa shape index (κ3) is 2.80. The Labute approximate surface area is 137 Å². The molecule has 2 N–H and O–H groups in total. The summed E-state index contributed by atoms with van der Waals surface area (Å²) in [5.74, 6) is 1.09. The van der Waals surface area contributed by atoms with E-state index in [1.165, 1.54) is 17.7 Å². The fourth-order valence-electron chi connectivity index (χ4n) is 2.89. The Kier molecular flexibility index (Phi) is 3.94. The van der Waals surface area contributed by atoms with Gasteiger partial charge in [0.05, 0.1) is 17.1 Å². The third-order valence-electron chi connectivity index (χ3n) is 4.04. The highest BCUT2D eigenvalue weighted by Crippen LogP contribution is 2.29. The number of rotatable bonds is 4. The van der Waals surface area contributed by atoms with Crippen LogP contribution in [0, 0.1) is 0 Å². The van der Waals surface area contributed by atoms with Gasteiger partial charge in [-0.1, -0.05) is 11.8 Å². The molecule has 0 spiro atoms. The molecule has 5 nitrogen and oxygen atoms in total. The predicted molar refractivity (Wildman–Crippen MR) is 88.4 cm³/mol. The summed E-state index contributed by atoms with van der Waals surface area (Å²) in [6, 6.07) is 4.43. The fourth-order valence-corrected chi connectivity index (χ4v) is 4.89. The average Bonchev–Trinajstić information content (AvgIpc) is 3.26. The van der Waals surface area contributed by atoms with Crippen LogP contribution in [0.3, 0.4) is 0 Å². The lowest BCUT2D eigenvalue weighted by atomic mass is 10.2. The average molecular weight is 334 g/mol. The molecule has 1 saturated heterocycles. The number of imidazole rings is 1. The molecular formula is C15H18N4OS2. The van der Waals surface area contributed by atoms with E-state index in [1.54, 1.807) is 23.1 Å². The number of aryl methyl sites for hydroxylation is 1. The SMILES string of the molecule is O=C(NCc1cn2c(n1)SCC2)c1ccc([C@@H]2CCCN2)s1. The maximum atomic E-state index is 12.3. The van der Waals surface area contributed by atoms with Crippen LogP contribution in [0.4, 0.5) is 0 Å². The summed E-state index contributed by atoms with van der Waals surface area (Å²) in [6.45, 7) is 2.59. The summed E-state index contributed by atoms with van der Waals surface area (Å²) in [5.41, 5.74) is 0.935. The molecule has 1 amide bonds. The summed E-state index contributed by atoms with van der Waals surface area (Å²) in [5, 5.41) is 7.51. The van der Waals surface area contributed by atoms with Crippen LogP contribution in [-0.4, -0.2) is 27.8 Å². The van der Waals surface area contributed by atoms with E-state index in [9.17, 15) is 4.79 Å². The van der Waals surface area contributed by atoms with Crippen molar-refractivity contribution in [2.24, 2.45) is 0 Å². The number of nitrogens with one attached hydrogen (secondary N) is 2. The van der Waals surface area contributed by atoms with Crippen LogP contribution in [0.1, 0.15) is 39.1 Å². The summed E-state index contributed by atoms with van der Waals surface area (Å²) < 4.78 is 2.15. The Hall–Kier alpha value is -1.31. The minimum absolute atomic E-state index is 0.00457. The van der Waals surface area contributed by atoms with Crippen molar-refractivity contribution in [3.63, 3.8) is 0 Å². The molecule has 0 bridgehead atoms. The van der Waals surface area contributed by atoms with E-state index in [0.717, 1.165) is 34.6 Å². The van der Waals surface area contributed by atoms with E-state index in [4.69, 9.17) is 0 Å². The molecule has 7 heteroatoms. The van der Waals surface area contributed by atoms with Crippen molar-refractivity contribution in [3.8, 4) is 0 Å². The van der Waals surface area contributed by atoms with Gasteiger partial charge in [0.25, 0.3) is 5.91 Å². The fraction of sp³-hybridized carbons (Fsp3) is 0.467. The monoisotopic (exact) mass is 334 g/mol. The topological polar surface area (TPSA) is 59.0 Å². The van der Waals surface area contributed by atoms with Gasteiger partial charge in [-0.15, -0.1) is 11.3 Å². The van der Waals surface area contributed by atoms with Gasteiger partial charge in [-0.05, 0) is 31.5 Å². The van der Waals surface area contributed by atoms with E-state index in [1.807, 2.05) is 12.3 Å². The number of fused-ring (bicyclic) bond motifs is 1.